The van der Waals surface area contributed by atoms with Crippen LogP contribution in [-0.4, -0.2) is 54.3 Å². The Balaban J connectivity index is 1.68. The normalized spacial score (nSPS) is 20.3. The van der Waals surface area contributed by atoms with Gasteiger partial charge in [-0.1, -0.05) is 0 Å². The van der Waals surface area contributed by atoms with Gasteiger partial charge in [0.2, 0.25) is 0 Å². The van der Waals surface area contributed by atoms with Crippen LogP contribution in [0.5, 0.6) is 5.75 Å². The highest BCUT2D eigenvalue weighted by atomic mass is 19.1. The van der Waals surface area contributed by atoms with Gasteiger partial charge in [-0.25, -0.2) is 9.18 Å². The van der Waals surface area contributed by atoms with Gasteiger partial charge in [0.15, 0.2) is 6.10 Å². The molecule has 126 valence electrons. The Hall–Kier alpha value is -2.15. The molecule has 0 bridgehead atoms. The van der Waals surface area contributed by atoms with Gasteiger partial charge in [0.05, 0.1) is 6.61 Å². The standard InChI is InChI=1S/C16H20FNO5/c1-18(15(19)13-7-8-14(23-13)16(20)21)9-2-10-22-12-5-3-11(17)4-6-12/h3-6,13-14H,2,7-10H2,1H3,(H,20,21)/t13-,14+/m0/s1. The van der Waals surface area contributed by atoms with Crippen LogP contribution in [0.4, 0.5) is 4.39 Å². The molecule has 2 atom stereocenters. The van der Waals surface area contributed by atoms with E-state index in [0.29, 0.717) is 38.2 Å². The average Bonchev–Trinajstić information content (AvgIpc) is 3.02. The second-order valence-corrected chi connectivity index (χ2v) is 5.44. The van der Waals surface area contributed by atoms with Crippen molar-refractivity contribution in [3.05, 3.63) is 30.1 Å². The number of hydrogen-bond donors (Lipinski definition) is 1. The molecule has 1 amide bonds. The van der Waals surface area contributed by atoms with Crippen molar-refractivity contribution in [3.8, 4) is 5.75 Å². The van der Waals surface area contributed by atoms with Crippen LogP contribution in [0.2, 0.25) is 0 Å². The minimum atomic E-state index is -1.03. The van der Waals surface area contributed by atoms with Crippen LogP contribution in [0.3, 0.4) is 0 Å². The molecular formula is C16H20FNO5. The summed E-state index contributed by atoms with van der Waals surface area (Å²) >= 11 is 0. The molecule has 0 unspecified atom stereocenters. The first-order valence-electron chi connectivity index (χ1n) is 7.49. The summed E-state index contributed by atoms with van der Waals surface area (Å²) in [4.78, 5) is 24.5. The van der Waals surface area contributed by atoms with Crippen LogP contribution < -0.4 is 4.74 Å². The smallest absolute Gasteiger partial charge is 0.332 e. The molecule has 1 saturated heterocycles. The molecular weight excluding hydrogens is 305 g/mol. The van der Waals surface area contributed by atoms with E-state index in [0.717, 1.165) is 0 Å². The van der Waals surface area contributed by atoms with Crippen molar-refractivity contribution in [2.45, 2.75) is 31.5 Å². The minimum Gasteiger partial charge on any atom is -0.494 e. The van der Waals surface area contributed by atoms with Gasteiger partial charge in [-0.3, -0.25) is 4.79 Å². The van der Waals surface area contributed by atoms with Gasteiger partial charge in [-0.05, 0) is 43.5 Å². The number of carboxylic acid groups (broad SMARTS) is 1. The molecule has 1 aliphatic rings. The Morgan fingerprint density at radius 2 is 1.96 bits per heavy atom. The molecule has 0 radical (unpaired) electrons. The van der Waals surface area contributed by atoms with E-state index >= 15 is 0 Å². The number of aliphatic carboxylic acids is 1. The second kappa shape index (κ2) is 7.92. The van der Waals surface area contributed by atoms with E-state index in [1.807, 2.05) is 0 Å². The van der Waals surface area contributed by atoms with Crippen molar-refractivity contribution < 1.29 is 28.6 Å². The van der Waals surface area contributed by atoms with Gasteiger partial charge in [0.25, 0.3) is 5.91 Å². The maximum atomic E-state index is 12.7. The number of likely N-dealkylation sites (N-methyl/N-ethyl adjacent to an activating group) is 1. The van der Waals surface area contributed by atoms with Crippen molar-refractivity contribution >= 4 is 11.9 Å². The first-order chi connectivity index (χ1) is 11.0. The molecule has 7 heteroatoms. The predicted molar refractivity (Wildman–Crippen MR) is 79.7 cm³/mol. The van der Waals surface area contributed by atoms with E-state index in [1.165, 1.54) is 17.0 Å². The lowest BCUT2D eigenvalue weighted by Gasteiger charge is -2.21. The Kier molecular flexibility index (Phi) is 5.92. The highest BCUT2D eigenvalue weighted by molar-refractivity contribution is 5.82. The lowest BCUT2D eigenvalue weighted by atomic mass is 10.2. The fourth-order valence-corrected chi connectivity index (χ4v) is 2.38. The Morgan fingerprint density at radius 1 is 1.30 bits per heavy atom. The van der Waals surface area contributed by atoms with Gasteiger partial charge in [-0.2, -0.15) is 0 Å². The third-order valence-corrected chi connectivity index (χ3v) is 3.67. The number of carboxylic acids is 1. The van der Waals surface area contributed by atoms with Crippen LogP contribution in [0.15, 0.2) is 24.3 Å². The molecule has 1 heterocycles. The van der Waals surface area contributed by atoms with Gasteiger partial charge in [0, 0.05) is 13.6 Å². The van der Waals surface area contributed by atoms with Crippen LogP contribution in [0.25, 0.3) is 0 Å². The number of rotatable bonds is 7. The molecule has 0 saturated carbocycles. The highest BCUT2D eigenvalue weighted by Gasteiger charge is 2.35. The molecule has 1 fully saturated rings. The number of benzene rings is 1. The van der Waals surface area contributed by atoms with E-state index in [9.17, 15) is 14.0 Å². The van der Waals surface area contributed by atoms with E-state index in [1.54, 1.807) is 19.2 Å². The number of carbonyl (C=O) groups is 2. The largest absolute Gasteiger partial charge is 0.494 e. The number of carbonyl (C=O) groups excluding carboxylic acids is 1. The molecule has 1 aromatic rings. The zero-order chi connectivity index (χ0) is 16.8. The van der Waals surface area contributed by atoms with Crippen LogP contribution >= 0.6 is 0 Å². The van der Waals surface area contributed by atoms with Crippen LogP contribution in [0, 0.1) is 5.82 Å². The molecule has 23 heavy (non-hydrogen) atoms. The summed E-state index contributed by atoms with van der Waals surface area (Å²) in [6.45, 7) is 0.865. The summed E-state index contributed by atoms with van der Waals surface area (Å²) in [7, 11) is 1.65. The molecule has 1 aromatic carbocycles. The average molecular weight is 325 g/mol. The summed E-state index contributed by atoms with van der Waals surface area (Å²) in [5.74, 6) is -0.992. The van der Waals surface area contributed by atoms with E-state index < -0.39 is 18.2 Å². The molecule has 0 aliphatic carbocycles. The van der Waals surface area contributed by atoms with Gasteiger partial charge < -0.3 is 19.5 Å². The number of ether oxygens (including phenoxy) is 2. The van der Waals surface area contributed by atoms with Crippen molar-refractivity contribution in [2.75, 3.05) is 20.2 Å². The first-order valence-corrected chi connectivity index (χ1v) is 7.49. The lowest BCUT2D eigenvalue weighted by Crippen LogP contribution is -2.38. The fourth-order valence-electron chi connectivity index (χ4n) is 2.38. The van der Waals surface area contributed by atoms with Crippen LogP contribution in [-0.2, 0) is 14.3 Å². The fraction of sp³-hybridized carbons (Fsp3) is 0.500. The quantitative estimate of drug-likeness (QED) is 0.772. The first kappa shape index (κ1) is 17.2. The Labute approximate surface area is 133 Å². The third-order valence-electron chi connectivity index (χ3n) is 3.67. The molecule has 0 spiro atoms. The van der Waals surface area contributed by atoms with Gasteiger partial charge in [-0.15, -0.1) is 0 Å². The predicted octanol–water partition coefficient (Wildman–Crippen LogP) is 1.69. The number of halogens is 1. The highest BCUT2D eigenvalue weighted by Crippen LogP contribution is 2.21. The molecule has 1 N–H and O–H groups in total. The summed E-state index contributed by atoms with van der Waals surface area (Å²) in [6, 6.07) is 5.73. The summed E-state index contributed by atoms with van der Waals surface area (Å²) in [5, 5.41) is 8.86. The van der Waals surface area contributed by atoms with Crippen molar-refractivity contribution in [1.82, 2.24) is 4.90 Å². The molecule has 2 rings (SSSR count). The summed E-state index contributed by atoms with van der Waals surface area (Å²) in [5.41, 5.74) is 0. The van der Waals surface area contributed by atoms with Gasteiger partial charge in [0.1, 0.15) is 17.7 Å². The van der Waals surface area contributed by atoms with Crippen molar-refractivity contribution in [1.29, 1.82) is 0 Å². The SMILES string of the molecule is CN(CCCOc1ccc(F)cc1)C(=O)[C@@H]1CC[C@H](C(=O)O)O1. The van der Waals surface area contributed by atoms with Gasteiger partial charge >= 0.3 is 5.97 Å². The number of hydrogen-bond acceptors (Lipinski definition) is 4. The van der Waals surface area contributed by atoms with Crippen molar-refractivity contribution in [2.24, 2.45) is 0 Å². The topological polar surface area (TPSA) is 76.1 Å². The van der Waals surface area contributed by atoms with E-state index in [-0.39, 0.29) is 11.7 Å². The zero-order valence-electron chi connectivity index (χ0n) is 12.9. The molecule has 1 aliphatic heterocycles. The zero-order valence-corrected chi connectivity index (χ0v) is 12.9. The third kappa shape index (κ3) is 4.92. The Morgan fingerprint density at radius 3 is 2.57 bits per heavy atom. The monoisotopic (exact) mass is 325 g/mol. The Bertz CT molecular complexity index is 548. The number of amides is 1. The number of nitrogens with zero attached hydrogens (tertiary/aromatic N) is 1. The second-order valence-electron chi connectivity index (χ2n) is 5.44. The summed E-state index contributed by atoms with van der Waals surface area (Å²) in [6.07, 6.45) is -0.188. The van der Waals surface area contributed by atoms with E-state index in [4.69, 9.17) is 14.6 Å². The molecule has 0 aromatic heterocycles. The minimum absolute atomic E-state index is 0.212. The maximum Gasteiger partial charge on any atom is 0.332 e. The van der Waals surface area contributed by atoms with Crippen LogP contribution in [0.1, 0.15) is 19.3 Å². The van der Waals surface area contributed by atoms with E-state index in [2.05, 4.69) is 0 Å². The maximum absolute atomic E-state index is 12.7. The molecule has 6 nitrogen and oxygen atoms in total. The van der Waals surface area contributed by atoms with Crippen molar-refractivity contribution in [3.63, 3.8) is 0 Å². The summed E-state index contributed by atoms with van der Waals surface area (Å²) < 4.78 is 23.4. The lowest BCUT2D eigenvalue weighted by molar-refractivity contribution is -0.154.